The lowest BCUT2D eigenvalue weighted by molar-refractivity contribution is 0.700. The van der Waals surface area contributed by atoms with Gasteiger partial charge in [0.2, 0.25) is 0 Å². The van der Waals surface area contributed by atoms with E-state index >= 15 is 0 Å². The molecule has 17 heavy (non-hydrogen) atoms. The van der Waals surface area contributed by atoms with Crippen LogP contribution in [0.5, 0.6) is 0 Å². The van der Waals surface area contributed by atoms with Crippen molar-refractivity contribution < 1.29 is 0 Å². The van der Waals surface area contributed by atoms with Crippen molar-refractivity contribution in [3.8, 4) is 0 Å². The van der Waals surface area contributed by atoms with Crippen LogP contribution in [0.3, 0.4) is 0 Å². The Bertz CT molecular complexity index is 606. The van der Waals surface area contributed by atoms with E-state index in [0.717, 1.165) is 22.2 Å². The molecule has 0 unspecified atom stereocenters. The van der Waals surface area contributed by atoms with Gasteiger partial charge in [0.25, 0.3) is 0 Å². The zero-order valence-corrected chi connectivity index (χ0v) is 10.1. The zero-order chi connectivity index (χ0) is 11.8. The Labute approximate surface area is 101 Å². The van der Waals surface area contributed by atoms with Crippen LogP contribution in [0.25, 0.3) is 10.9 Å². The zero-order valence-electron chi connectivity index (χ0n) is 10.1. The fraction of sp³-hybridized carbons (Fsp3) is 0.400. The number of rotatable bonds is 1. The maximum Gasteiger partial charge on any atom is 0.189 e. The number of H-pyrrole nitrogens is 1. The number of benzene rings is 1. The first-order valence-corrected chi connectivity index (χ1v) is 6.37. The maximum absolute atomic E-state index is 12.1. The highest BCUT2D eigenvalue weighted by Crippen LogP contribution is 2.32. The molecule has 1 N–H and O–H groups in total. The largest absolute Gasteiger partial charge is 0.358 e. The summed E-state index contributed by atoms with van der Waals surface area (Å²) in [6.07, 6.45) is 5.01. The van der Waals surface area contributed by atoms with Gasteiger partial charge in [-0.15, -0.1) is 0 Å². The highest BCUT2D eigenvalue weighted by Gasteiger charge is 2.18. The van der Waals surface area contributed by atoms with E-state index in [1.54, 1.807) is 6.07 Å². The summed E-state index contributed by atoms with van der Waals surface area (Å²) in [5.41, 5.74) is 3.40. The van der Waals surface area contributed by atoms with Gasteiger partial charge in [-0.2, -0.15) is 0 Å². The van der Waals surface area contributed by atoms with Crippen LogP contribution < -0.4 is 5.43 Å². The summed E-state index contributed by atoms with van der Waals surface area (Å²) in [4.78, 5) is 15.5. The molecular weight excluding hydrogens is 210 g/mol. The first-order chi connectivity index (χ1) is 8.24. The van der Waals surface area contributed by atoms with Crippen molar-refractivity contribution in [2.45, 2.75) is 38.5 Å². The predicted octanol–water partition coefficient (Wildman–Crippen LogP) is 3.49. The number of nitrogens with one attached hydrogen (secondary N) is 1. The summed E-state index contributed by atoms with van der Waals surface area (Å²) in [6, 6.07) is 7.84. The second-order valence-corrected chi connectivity index (χ2v) is 5.12. The van der Waals surface area contributed by atoms with E-state index in [4.69, 9.17) is 0 Å². The number of pyridine rings is 1. The summed E-state index contributed by atoms with van der Waals surface area (Å²) in [5, 5.41) is 0.812. The average Bonchev–Trinajstić information content (AvgIpc) is 2.83. The second-order valence-electron chi connectivity index (χ2n) is 5.12. The SMILES string of the molecule is Cc1ccc2[nH]c(C3CCCC3)cc(=O)c2c1. The lowest BCUT2D eigenvalue weighted by Gasteiger charge is -2.10. The number of aryl methyl sites for hydroxylation is 1. The summed E-state index contributed by atoms with van der Waals surface area (Å²) in [5.74, 6) is 0.563. The maximum atomic E-state index is 12.1. The highest BCUT2D eigenvalue weighted by atomic mass is 16.1. The van der Waals surface area contributed by atoms with E-state index < -0.39 is 0 Å². The normalized spacial score (nSPS) is 16.8. The van der Waals surface area contributed by atoms with Crippen LogP contribution in [0.2, 0.25) is 0 Å². The Hall–Kier alpha value is -1.57. The molecule has 0 spiro atoms. The van der Waals surface area contributed by atoms with Crippen molar-refractivity contribution in [2.24, 2.45) is 0 Å². The molecule has 2 aromatic rings. The quantitative estimate of drug-likeness (QED) is 0.794. The van der Waals surface area contributed by atoms with E-state index in [1.165, 1.54) is 25.7 Å². The molecule has 1 saturated carbocycles. The van der Waals surface area contributed by atoms with Crippen molar-refractivity contribution in [1.29, 1.82) is 0 Å². The van der Waals surface area contributed by atoms with E-state index in [2.05, 4.69) is 11.1 Å². The highest BCUT2D eigenvalue weighted by molar-refractivity contribution is 5.79. The van der Waals surface area contributed by atoms with Gasteiger partial charge in [-0.25, -0.2) is 0 Å². The molecule has 1 fully saturated rings. The van der Waals surface area contributed by atoms with Crippen LogP contribution in [0.1, 0.15) is 42.9 Å². The third kappa shape index (κ3) is 1.88. The molecule has 2 nitrogen and oxygen atoms in total. The van der Waals surface area contributed by atoms with E-state index in [-0.39, 0.29) is 5.43 Å². The van der Waals surface area contributed by atoms with Gasteiger partial charge < -0.3 is 4.98 Å². The molecule has 0 bridgehead atoms. The number of aromatic amines is 1. The van der Waals surface area contributed by atoms with Gasteiger partial charge in [-0.1, -0.05) is 24.5 Å². The van der Waals surface area contributed by atoms with Gasteiger partial charge in [0.05, 0.1) is 0 Å². The van der Waals surface area contributed by atoms with Gasteiger partial charge in [0.1, 0.15) is 0 Å². The van der Waals surface area contributed by atoms with Gasteiger partial charge in [0.15, 0.2) is 5.43 Å². The van der Waals surface area contributed by atoms with Gasteiger partial charge in [-0.05, 0) is 37.8 Å². The molecule has 1 aromatic carbocycles. The van der Waals surface area contributed by atoms with Crippen LogP contribution in [-0.4, -0.2) is 4.98 Å². The summed E-state index contributed by atoms with van der Waals surface area (Å²) >= 11 is 0. The molecule has 0 amide bonds. The summed E-state index contributed by atoms with van der Waals surface area (Å²) < 4.78 is 0. The molecule has 0 radical (unpaired) electrons. The minimum absolute atomic E-state index is 0.157. The molecule has 1 aliphatic rings. The van der Waals surface area contributed by atoms with Crippen LogP contribution in [-0.2, 0) is 0 Å². The fourth-order valence-corrected chi connectivity index (χ4v) is 2.84. The van der Waals surface area contributed by atoms with Gasteiger partial charge >= 0.3 is 0 Å². The molecule has 0 atom stereocenters. The molecule has 2 heteroatoms. The van der Waals surface area contributed by atoms with E-state index in [9.17, 15) is 4.79 Å². The van der Waals surface area contributed by atoms with Crippen molar-refractivity contribution in [2.75, 3.05) is 0 Å². The fourth-order valence-electron chi connectivity index (χ4n) is 2.84. The first-order valence-electron chi connectivity index (χ1n) is 6.37. The molecule has 0 saturated heterocycles. The Morgan fingerprint density at radius 3 is 2.71 bits per heavy atom. The lowest BCUT2D eigenvalue weighted by Crippen LogP contribution is -2.07. The molecule has 3 rings (SSSR count). The Balaban J connectivity index is 2.17. The lowest BCUT2D eigenvalue weighted by atomic mass is 10.0. The summed E-state index contributed by atoms with van der Waals surface area (Å²) in [7, 11) is 0. The standard InChI is InChI=1S/C15H17NO/c1-10-6-7-13-12(8-10)15(17)9-14(16-13)11-4-2-3-5-11/h6-9,11H,2-5H2,1H3,(H,16,17). The van der Waals surface area contributed by atoms with Crippen LogP contribution in [0, 0.1) is 6.92 Å². The monoisotopic (exact) mass is 227 g/mol. The van der Waals surface area contributed by atoms with Gasteiger partial charge in [0, 0.05) is 22.7 Å². The average molecular weight is 227 g/mol. The minimum atomic E-state index is 0.157. The summed E-state index contributed by atoms with van der Waals surface area (Å²) in [6.45, 7) is 2.02. The first kappa shape index (κ1) is 10.6. The van der Waals surface area contributed by atoms with Crippen molar-refractivity contribution in [1.82, 2.24) is 4.98 Å². The second kappa shape index (κ2) is 4.02. The third-order valence-corrected chi connectivity index (χ3v) is 3.80. The Morgan fingerprint density at radius 2 is 1.94 bits per heavy atom. The number of hydrogen-bond acceptors (Lipinski definition) is 1. The molecule has 0 aliphatic heterocycles. The van der Waals surface area contributed by atoms with Gasteiger partial charge in [-0.3, -0.25) is 4.79 Å². The van der Waals surface area contributed by atoms with Crippen molar-refractivity contribution in [3.63, 3.8) is 0 Å². The Morgan fingerprint density at radius 1 is 1.18 bits per heavy atom. The van der Waals surface area contributed by atoms with E-state index in [1.807, 2.05) is 19.1 Å². The third-order valence-electron chi connectivity index (χ3n) is 3.80. The van der Waals surface area contributed by atoms with Crippen molar-refractivity contribution >= 4 is 10.9 Å². The number of fused-ring (bicyclic) bond motifs is 1. The molecule has 1 heterocycles. The van der Waals surface area contributed by atoms with Crippen LogP contribution in [0.15, 0.2) is 29.1 Å². The van der Waals surface area contributed by atoms with Crippen LogP contribution >= 0.6 is 0 Å². The molecule has 1 aromatic heterocycles. The minimum Gasteiger partial charge on any atom is -0.358 e. The molecular formula is C15H17NO. The number of hydrogen-bond donors (Lipinski definition) is 1. The topological polar surface area (TPSA) is 32.9 Å². The predicted molar refractivity (Wildman–Crippen MR) is 70.5 cm³/mol. The van der Waals surface area contributed by atoms with E-state index in [0.29, 0.717) is 5.92 Å². The Kier molecular flexibility index (Phi) is 2.50. The van der Waals surface area contributed by atoms with Crippen molar-refractivity contribution in [3.05, 3.63) is 45.7 Å². The smallest absolute Gasteiger partial charge is 0.189 e. The molecule has 1 aliphatic carbocycles. The van der Waals surface area contributed by atoms with Crippen LogP contribution in [0.4, 0.5) is 0 Å². The number of aromatic nitrogens is 1. The molecule has 88 valence electrons.